The summed E-state index contributed by atoms with van der Waals surface area (Å²) in [6.07, 6.45) is 0.642. The minimum Gasteiger partial charge on any atom is -0.481 e. The van der Waals surface area contributed by atoms with Gasteiger partial charge in [-0.3, -0.25) is 9.59 Å². The van der Waals surface area contributed by atoms with Gasteiger partial charge in [0.15, 0.2) is 0 Å². The fourth-order valence-corrected chi connectivity index (χ4v) is 0.625. The first-order valence-electron chi connectivity index (χ1n) is 3.47. The summed E-state index contributed by atoms with van der Waals surface area (Å²) in [6, 6.07) is 0. The lowest BCUT2D eigenvalue weighted by atomic mass is 10.3. The van der Waals surface area contributed by atoms with Crippen LogP contribution in [0.3, 0.4) is 0 Å². The number of carbonyl (C=O) groups excluding carboxylic acids is 1. The molecule has 0 radical (unpaired) electrons. The molecule has 0 aliphatic carbocycles. The van der Waals surface area contributed by atoms with Crippen molar-refractivity contribution in [3.63, 3.8) is 0 Å². The zero-order valence-electron chi connectivity index (χ0n) is 6.83. The van der Waals surface area contributed by atoms with Crippen molar-refractivity contribution in [2.75, 3.05) is 13.6 Å². The van der Waals surface area contributed by atoms with Gasteiger partial charge in [0.1, 0.15) is 0 Å². The van der Waals surface area contributed by atoms with Crippen LogP contribution in [0.1, 0.15) is 19.8 Å². The van der Waals surface area contributed by atoms with E-state index < -0.39 is 5.97 Å². The van der Waals surface area contributed by atoms with Crippen LogP contribution in [-0.4, -0.2) is 35.5 Å². The molecule has 0 aliphatic rings. The number of hydrogen-bond donors (Lipinski definition) is 1. The number of nitrogens with zero attached hydrogens (tertiary/aromatic N) is 1. The lowest BCUT2D eigenvalue weighted by Gasteiger charge is -2.12. The first-order chi connectivity index (χ1) is 5.04. The van der Waals surface area contributed by atoms with E-state index in [1.807, 2.05) is 0 Å². The molecular weight excluding hydrogens is 146 g/mol. The Morgan fingerprint density at radius 1 is 1.45 bits per heavy atom. The topological polar surface area (TPSA) is 57.6 Å². The highest BCUT2D eigenvalue weighted by molar-refractivity contribution is 5.72. The van der Waals surface area contributed by atoms with E-state index in [0.717, 1.165) is 0 Å². The molecule has 11 heavy (non-hydrogen) atoms. The molecule has 0 atom stereocenters. The Morgan fingerprint density at radius 2 is 2.00 bits per heavy atom. The maximum atomic E-state index is 10.6. The van der Waals surface area contributed by atoms with Gasteiger partial charge in [-0.05, 0) is 6.42 Å². The SMILES string of the molecule is CC(=O)N(C)CCCC(=O)O. The highest BCUT2D eigenvalue weighted by atomic mass is 16.4. The largest absolute Gasteiger partial charge is 0.481 e. The predicted octanol–water partition coefficient (Wildman–Crippen LogP) is 0.329. The maximum absolute atomic E-state index is 10.6. The van der Waals surface area contributed by atoms with Crippen LogP contribution >= 0.6 is 0 Å². The van der Waals surface area contributed by atoms with E-state index in [9.17, 15) is 9.59 Å². The molecule has 0 aromatic carbocycles. The Labute approximate surface area is 65.8 Å². The van der Waals surface area contributed by atoms with Gasteiger partial charge in [0.05, 0.1) is 0 Å². The molecular formula is C7H13NO3. The Morgan fingerprint density at radius 3 is 2.36 bits per heavy atom. The molecule has 0 saturated heterocycles. The molecule has 0 bridgehead atoms. The van der Waals surface area contributed by atoms with E-state index in [0.29, 0.717) is 13.0 Å². The van der Waals surface area contributed by atoms with E-state index in [1.54, 1.807) is 7.05 Å². The average molecular weight is 159 g/mol. The van der Waals surface area contributed by atoms with Crippen molar-refractivity contribution in [1.82, 2.24) is 4.90 Å². The fraction of sp³-hybridized carbons (Fsp3) is 0.714. The Hall–Kier alpha value is -1.06. The molecule has 0 heterocycles. The molecule has 0 saturated carbocycles. The Kier molecular flexibility index (Phi) is 4.26. The number of rotatable bonds is 4. The van der Waals surface area contributed by atoms with Crippen molar-refractivity contribution in [1.29, 1.82) is 0 Å². The van der Waals surface area contributed by atoms with E-state index >= 15 is 0 Å². The summed E-state index contributed by atoms with van der Waals surface area (Å²) in [5.41, 5.74) is 0. The quantitative estimate of drug-likeness (QED) is 0.643. The summed E-state index contributed by atoms with van der Waals surface area (Å²) < 4.78 is 0. The molecule has 0 unspecified atom stereocenters. The summed E-state index contributed by atoms with van der Waals surface area (Å²) in [4.78, 5) is 22.1. The number of carboxylic acids is 1. The van der Waals surface area contributed by atoms with Crippen molar-refractivity contribution in [2.45, 2.75) is 19.8 Å². The van der Waals surface area contributed by atoms with Gasteiger partial charge in [0, 0.05) is 26.9 Å². The minimum atomic E-state index is -0.818. The summed E-state index contributed by atoms with van der Waals surface area (Å²) in [6.45, 7) is 1.97. The number of carbonyl (C=O) groups is 2. The first-order valence-corrected chi connectivity index (χ1v) is 3.47. The highest BCUT2D eigenvalue weighted by Gasteiger charge is 2.02. The summed E-state index contributed by atoms with van der Waals surface area (Å²) >= 11 is 0. The molecule has 4 nitrogen and oxygen atoms in total. The third-order valence-corrected chi connectivity index (χ3v) is 1.42. The number of carboxylic acid groups (broad SMARTS) is 1. The normalized spacial score (nSPS) is 9.27. The molecule has 0 aliphatic heterocycles. The molecule has 1 N–H and O–H groups in total. The molecule has 0 rings (SSSR count). The first kappa shape index (κ1) is 9.94. The van der Waals surface area contributed by atoms with Crippen LogP contribution in [0, 0.1) is 0 Å². The van der Waals surface area contributed by atoms with Gasteiger partial charge < -0.3 is 10.0 Å². The van der Waals surface area contributed by atoms with Gasteiger partial charge in [0.25, 0.3) is 0 Å². The van der Waals surface area contributed by atoms with Gasteiger partial charge in [-0.25, -0.2) is 0 Å². The van der Waals surface area contributed by atoms with Gasteiger partial charge in [0.2, 0.25) is 5.91 Å². The van der Waals surface area contributed by atoms with Crippen molar-refractivity contribution < 1.29 is 14.7 Å². The molecule has 0 spiro atoms. The van der Waals surface area contributed by atoms with Crippen molar-refractivity contribution in [2.24, 2.45) is 0 Å². The van der Waals surface area contributed by atoms with Gasteiger partial charge >= 0.3 is 5.97 Å². The van der Waals surface area contributed by atoms with Crippen LogP contribution in [0.5, 0.6) is 0 Å². The van der Waals surface area contributed by atoms with Gasteiger partial charge in [-0.1, -0.05) is 0 Å². The van der Waals surface area contributed by atoms with Crippen LogP contribution in [0.2, 0.25) is 0 Å². The van der Waals surface area contributed by atoms with Gasteiger partial charge in [-0.15, -0.1) is 0 Å². The van der Waals surface area contributed by atoms with Crippen LogP contribution in [-0.2, 0) is 9.59 Å². The van der Waals surface area contributed by atoms with E-state index in [4.69, 9.17) is 5.11 Å². The second-order valence-corrected chi connectivity index (χ2v) is 2.44. The number of aliphatic carboxylic acids is 1. The third kappa shape index (κ3) is 5.39. The lowest BCUT2D eigenvalue weighted by molar-refractivity contribution is -0.137. The predicted molar refractivity (Wildman–Crippen MR) is 40.2 cm³/mol. The van der Waals surface area contributed by atoms with Crippen LogP contribution in [0.4, 0.5) is 0 Å². The molecule has 1 amide bonds. The van der Waals surface area contributed by atoms with Gasteiger partial charge in [-0.2, -0.15) is 0 Å². The monoisotopic (exact) mass is 159 g/mol. The molecule has 0 aromatic heterocycles. The zero-order valence-corrected chi connectivity index (χ0v) is 6.83. The number of amides is 1. The maximum Gasteiger partial charge on any atom is 0.303 e. The van der Waals surface area contributed by atoms with Crippen LogP contribution < -0.4 is 0 Å². The standard InChI is InChI=1S/C7H13NO3/c1-6(9)8(2)5-3-4-7(10)11/h3-5H2,1-2H3,(H,10,11). The van der Waals surface area contributed by atoms with Crippen molar-refractivity contribution >= 4 is 11.9 Å². The minimum absolute atomic E-state index is 0.0320. The number of hydrogen-bond acceptors (Lipinski definition) is 2. The summed E-state index contributed by atoms with van der Waals surface area (Å²) in [7, 11) is 1.66. The van der Waals surface area contributed by atoms with Crippen LogP contribution in [0.15, 0.2) is 0 Å². The van der Waals surface area contributed by atoms with E-state index in [1.165, 1.54) is 11.8 Å². The Balaban J connectivity index is 3.39. The molecule has 4 heteroatoms. The summed E-state index contributed by atoms with van der Waals surface area (Å²) in [5.74, 6) is -0.850. The third-order valence-electron chi connectivity index (χ3n) is 1.42. The van der Waals surface area contributed by atoms with E-state index in [-0.39, 0.29) is 12.3 Å². The van der Waals surface area contributed by atoms with Crippen LogP contribution in [0.25, 0.3) is 0 Å². The fourth-order valence-electron chi connectivity index (χ4n) is 0.625. The van der Waals surface area contributed by atoms with E-state index in [2.05, 4.69) is 0 Å². The molecule has 0 fully saturated rings. The average Bonchev–Trinajstić information content (AvgIpc) is 1.86. The summed E-state index contributed by atoms with van der Waals surface area (Å²) in [5, 5.41) is 8.26. The second-order valence-electron chi connectivity index (χ2n) is 2.44. The van der Waals surface area contributed by atoms with Crippen molar-refractivity contribution in [3.8, 4) is 0 Å². The zero-order chi connectivity index (χ0) is 8.85. The highest BCUT2D eigenvalue weighted by Crippen LogP contribution is 1.92. The second kappa shape index (κ2) is 4.71. The molecule has 0 aromatic rings. The Bertz CT molecular complexity index is 156. The molecule has 64 valence electrons. The smallest absolute Gasteiger partial charge is 0.303 e. The lowest BCUT2D eigenvalue weighted by Crippen LogP contribution is -2.25. The van der Waals surface area contributed by atoms with Crippen molar-refractivity contribution in [3.05, 3.63) is 0 Å².